The van der Waals surface area contributed by atoms with Crippen molar-refractivity contribution in [2.24, 2.45) is 5.92 Å². The normalized spacial score (nSPS) is 16.5. The summed E-state index contributed by atoms with van der Waals surface area (Å²) >= 11 is 0. The van der Waals surface area contributed by atoms with Gasteiger partial charge in [0.05, 0.1) is 6.04 Å². The Balaban J connectivity index is -0.000000478. The van der Waals surface area contributed by atoms with E-state index in [1.165, 1.54) is 14.0 Å². The fraction of sp³-hybridized carbons (Fsp3) is 0.844. The summed E-state index contributed by atoms with van der Waals surface area (Å²) in [6, 6.07) is -2.10. The van der Waals surface area contributed by atoms with Crippen LogP contribution in [0.5, 0.6) is 0 Å². The zero-order chi connectivity index (χ0) is 33.5. The van der Waals surface area contributed by atoms with E-state index in [1.54, 1.807) is 4.90 Å². The van der Waals surface area contributed by atoms with E-state index in [0.29, 0.717) is 25.8 Å². The predicted octanol–water partition coefficient (Wildman–Crippen LogP) is 5.59. The number of nitrogens with zero attached hydrogens (tertiary/aromatic N) is 1. The molecule has 4 N–H and O–H groups in total. The lowest BCUT2D eigenvalue weighted by atomic mass is 9.83. The van der Waals surface area contributed by atoms with Crippen molar-refractivity contribution < 1.29 is 24.0 Å². The van der Waals surface area contributed by atoms with E-state index in [2.05, 4.69) is 21.3 Å². The second kappa shape index (κ2) is 32.9. The van der Waals surface area contributed by atoms with Gasteiger partial charge < -0.3 is 26.2 Å². The Bertz CT molecular complexity index is 684. The van der Waals surface area contributed by atoms with Crippen molar-refractivity contribution in [1.29, 1.82) is 0 Å². The smallest absolute Gasteiger partial charge is 0.315 e. The summed E-state index contributed by atoms with van der Waals surface area (Å²) < 4.78 is 0. The monoisotopic (exact) mass is 602 g/mol. The lowest BCUT2D eigenvalue weighted by Crippen LogP contribution is -2.58. The van der Waals surface area contributed by atoms with Crippen molar-refractivity contribution >= 4 is 30.0 Å². The summed E-state index contributed by atoms with van der Waals surface area (Å²) in [6.45, 7) is 22.5. The van der Waals surface area contributed by atoms with Crippen molar-refractivity contribution in [2.45, 2.75) is 152 Å². The molecule has 3 atom stereocenters. The van der Waals surface area contributed by atoms with Gasteiger partial charge in [0.2, 0.25) is 18.2 Å². The van der Waals surface area contributed by atoms with Crippen molar-refractivity contribution in [3.63, 3.8) is 0 Å². The number of ketones is 1. The fourth-order valence-electron chi connectivity index (χ4n) is 4.56. The molecule has 10 heteroatoms. The SMILES string of the molecule is CC.CC.CC.CC.CCCC(NC(=O)C1CCCN1C(=O)C(NC(=O)NC)C1CCCCC1)C(C)=O.CCNC=O. The molecule has 42 heavy (non-hydrogen) atoms. The molecule has 2 aliphatic rings. The van der Waals surface area contributed by atoms with Crippen LogP contribution in [0, 0.1) is 5.92 Å². The Kier molecular flexibility index (Phi) is 36.2. The van der Waals surface area contributed by atoms with Crippen molar-refractivity contribution in [1.82, 2.24) is 26.2 Å². The number of carbonyl (C=O) groups excluding carboxylic acids is 5. The second-order valence-corrected chi connectivity index (χ2v) is 8.92. The first-order chi connectivity index (χ1) is 20.3. The van der Waals surface area contributed by atoms with Crippen LogP contribution in [0.3, 0.4) is 0 Å². The van der Waals surface area contributed by atoms with Crippen LogP contribution < -0.4 is 21.3 Å². The van der Waals surface area contributed by atoms with E-state index >= 15 is 0 Å². The van der Waals surface area contributed by atoms with Crippen LogP contribution in [0.25, 0.3) is 0 Å². The lowest BCUT2D eigenvalue weighted by Gasteiger charge is -2.34. The van der Waals surface area contributed by atoms with Crippen molar-refractivity contribution in [3.05, 3.63) is 0 Å². The van der Waals surface area contributed by atoms with Crippen LogP contribution in [-0.4, -0.2) is 73.2 Å². The summed E-state index contributed by atoms with van der Waals surface area (Å²) in [6.07, 6.45) is 8.40. The number of carbonyl (C=O) groups is 5. The highest BCUT2D eigenvalue weighted by Crippen LogP contribution is 2.29. The Labute approximate surface area is 258 Å². The van der Waals surface area contributed by atoms with Gasteiger partial charge >= 0.3 is 6.03 Å². The Morgan fingerprint density at radius 3 is 1.79 bits per heavy atom. The molecule has 0 aromatic carbocycles. The molecule has 1 aliphatic carbocycles. The van der Waals surface area contributed by atoms with Gasteiger partial charge in [-0.1, -0.05) is 88.0 Å². The van der Waals surface area contributed by atoms with Gasteiger partial charge in [-0.3, -0.25) is 19.2 Å². The number of nitrogens with one attached hydrogen (secondary N) is 4. The number of hydrogen-bond donors (Lipinski definition) is 4. The standard InChI is InChI=1S/C21H36N4O4.C3H7NO.4C2H6/c1-4-9-16(14(2)26)23-19(27)17-12-8-13-25(17)20(28)18(24-21(29)22-3)15-10-6-5-7-11-15;1-2-4-3-5;4*1-2/h15-18H,4-13H2,1-3H3,(H,23,27)(H2,22,24,29);3H,2H2,1H3,(H,4,5);4*1-2H3. The number of Topliss-reactive ketones (excluding diaryl/α,β-unsaturated/α-hetero) is 1. The van der Waals surface area contributed by atoms with Gasteiger partial charge in [0.15, 0.2) is 5.78 Å². The van der Waals surface area contributed by atoms with Crippen LogP contribution in [0.1, 0.15) is 134 Å². The third-order valence-electron chi connectivity index (χ3n) is 6.41. The molecule has 1 aliphatic heterocycles. The summed E-state index contributed by atoms with van der Waals surface area (Å²) in [4.78, 5) is 61.0. The van der Waals surface area contributed by atoms with E-state index < -0.39 is 18.1 Å². The molecule has 1 saturated heterocycles. The molecule has 0 aromatic rings. The van der Waals surface area contributed by atoms with E-state index in [1.807, 2.05) is 69.2 Å². The zero-order valence-corrected chi connectivity index (χ0v) is 29.2. The van der Waals surface area contributed by atoms with E-state index in [0.717, 1.165) is 51.5 Å². The number of amides is 5. The highest BCUT2D eigenvalue weighted by Gasteiger charge is 2.41. The average Bonchev–Trinajstić information content (AvgIpc) is 3.54. The molecule has 0 bridgehead atoms. The van der Waals surface area contributed by atoms with Crippen LogP contribution in [0.4, 0.5) is 4.79 Å². The second-order valence-electron chi connectivity index (χ2n) is 8.92. The minimum Gasteiger partial charge on any atom is -0.359 e. The zero-order valence-electron chi connectivity index (χ0n) is 29.2. The number of hydrogen-bond acceptors (Lipinski definition) is 5. The highest BCUT2D eigenvalue weighted by molar-refractivity contribution is 5.94. The molecule has 5 amide bonds. The summed E-state index contributed by atoms with van der Waals surface area (Å²) in [7, 11) is 1.53. The van der Waals surface area contributed by atoms with Gasteiger partial charge in [-0.15, -0.1) is 0 Å². The molecule has 0 aromatic heterocycles. The van der Waals surface area contributed by atoms with Crippen LogP contribution >= 0.6 is 0 Å². The first-order valence-corrected chi connectivity index (χ1v) is 16.6. The highest BCUT2D eigenvalue weighted by atomic mass is 16.2. The van der Waals surface area contributed by atoms with E-state index in [-0.39, 0.29) is 29.5 Å². The van der Waals surface area contributed by atoms with Crippen molar-refractivity contribution in [2.75, 3.05) is 20.1 Å². The molecule has 2 rings (SSSR count). The summed E-state index contributed by atoms with van der Waals surface area (Å²) in [5, 5.41) is 10.6. The van der Waals surface area contributed by atoms with Crippen LogP contribution in [0.2, 0.25) is 0 Å². The first kappa shape index (κ1) is 46.3. The molecule has 0 radical (unpaired) electrons. The van der Waals surface area contributed by atoms with Crippen LogP contribution in [0.15, 0.2) is 0 Å². The van der Waals surface area contributed by atoms with Gasteiger partial charge in [0.25, 0.3) is 0 Å². The first-order valence-electron chi connectivity index (χ1n) is 16.6. The molecular formula is C32H67N5O5. The maximum atomic E-state index is 13.4. The van der Waals surface area contributed by atoms with E-state index in [4.69, 9.17) is 0 Å². The maximum Gasteiger partial charge on any atom is 0.315 e. The van der Waals surface area contributed by atoms with Gasteiger partial charge in [-0.05, 0) is 51.9 Å². The fourth-order valence-corrected chi connectivity index (χ4v) is 4.56. The van der Waals surface area contributed by atoms with Gasteiger partial charge in [0.1, 0.15) is 12.1 Å². The van der Waals surface area contributed by atoms with Crippen molar-refractivity contribution in [3.8, 4) is 0 Å². The van der Waals surface area contributed by atoms with Gasteiger partial charge in [-0.2, -0.15) is 0 Å². The molecule has 10 nitrogen and oxygen atoms in total. The third-order valence-corrected chi connectivity index (χ3v) is 6.41. The number of rotatable bonds is 10. The predicted molar refractivity (Wildman–Crippen MR) is 175 cm³/mol. The van der Waals surface area contributed by atoms with E-state index in [9.17, 15) is 24.0 Å². The minimum atomic E-state index is -0.622. The summed E-state index contributed by atoms with van der Waals surface area (Å²) in [5.74, 6) is -0.444. The minimum absolute atomic E-state index is 0.0718. The molecule has 0 spiro atoms. The van der Waals surface area contributed by atoms with Gasteiger partial charge in [-0.25, -0.2) is 4.79 Å². The average molecular weight is 602 g/mol. The van der Waals surface area contributed by atoms with Crippen LogP contribution in [-0.2, 0) is 19.2 Å². The molecule has 250 valence electrons. The molecule has 1 saturated carbocycles. The Morgan fingerprint density at radius 1 is 0.833 bits per heavy atom. The Hall–Kier alpha value is -2.65. The molecule has 3 unspecified atom stereocenters. The summed E-state index contributed by atoms with van der Waals surface area (Å²) in [5.41, 5.74) is 0. The topological polar surface area (TPSA) is 137 Å². The quantitative estimate of drug-likeness (QED) is 0.242. The largest absolute Gasteiger partial charge is 0.359 e. The Morgan fingerprint density at radius 2 is 1.38 bits per heavy atom. The lowest BCUT2D eigenvalue weighted by molar-refractivity contribution is -0.141. The molecular weight excluding hydrogens is 534 g/mol. The number of urea groups is 1. The molecule has 1 heterocycles. The molecule has 2 fully saturated rings. The number of likely N-dealkylation sites (tertiary alicyclic amines) is 1. The van der Waals surface area contributed by atoms with Gasteiger partial charge in [0, 0.05) is 20.1 Å². The maximum absolute atomic E-state index is 13.4. The third kappa shape index (κ3) is 19.5.